The highest BCUT2D eigenvalue weighted by Gasteiger charge is 2.24. The smallest absolute Gasteiger partial charge is 0.338 e. The number of aromatic nitrogens is 1. The van der Waals surface area contributed by atoms with Gasteiger partial charge in [0.15, 0.2) is 6.20 Å². The van der Waals surface area contributed by atoms with Crippen LogP contribution in [0.1, 0.15) is 10.4 Å². The van der Waals surface area contributed by atoms with Gasteiger partial charge in [-0.1, -0.05) is 0 Å². The maximum absolute atomic E-state index is 13.0. The van der Waals surface area contributed by atoms with E-state index in [1.54, 1.807) is 19.0 Å². The Hall–Kier alpha value is -2.63. The van der Waals surface area contributed by atoms with E-state index in [4.69, 9.17) is 0 Å². The lowest BCUT2D eigenvalue weighted by atomic mass is 10.1. The Kier molecular flexibility index (Phi) is 3.56. The van der Waals surface area contributed by atoms with E-state index in [1.807, 2.05) is 0 Å². The third-order valence-corrected chi connectivity index (χ3v) is 2.87. The van der Waals surface area contributed by atoms with Crippen molar-refractivity contribution >= 4 is 11.7 Å². The van der Waals surface area contributed by atoms with Crippen LogP contribution in [0.15, 0.2) is 36.5 Å². The SMILES string of the molecule is CN(C)c1c(C(=O)O)cc[n+]([O-])c1-c1ccc(F)cc1. The minimum absolute atomic E-state index is 0.0152. The lowest BCUT2D eigenvalue weighted by Crippen LogP contribution is -2.32. The van der Waals surface area contributed by atoms with Crippen molar-refractivity contribution in [3.05, 3.63) is 53.1 Å². The number of aromatic carboxylic acids is 1. The van der Waals surface area contributed by atoms with Crippen molar-refractivity contribution in [3.63, 3.8) is 0 Å². The summed E-state index contributed by atoms with van der Waals surface area (Å²) in [6.07, 6.45) is 1.13. The van der Waals surface area contributed by atoms with Crippen molar-refractivity contribution in [2.45, 2.75) is 0 Å². The molecule has 104 valence electrons. The molecule has 0 amide bonds. The molecule has 0 aliphatic carbocycles. The lowest BCUT2D eigenvalue weighted by Gasteiger charge is -2.18. The van der Waals surface area contributed by atoms with Crippen LogP contribution in [-0.4, -0.2) is 25.2 Å². The van der Waals surface area contributed by atoms with E-state index in [0.717, 1.165) is 6.20 Å². The summed E-state index contributed by atoms with van der Waals surface area (Å²) in [5, 5.41) is 21.2. The van der Waals surface area contributed by atoms with Crippen LogP contribution in [0.3, 0.4) is 0 Å². The molecule has 2 rings (SSSR count). The number of halogens is 1. The van der Waals surface area contributed by atoms with Gasteiger partial charge in [0, 0.05) is 25.7 Å². The predicted octanol–water partition coefficient (Wildman–Crippen LogP) is 1.89. The highest BCUT2D eigenvalue weighted by Crippen LogP contribution is 2.30. The van der Waals surface area contributed by atoms with Gasteiger partial charge < -0.3 is 15.2 Å². The van der Waals surface area contributed by atoms with Crippen LogP contribution in [0.5, 0.6) is 0 Å². The largest absolute Gasteiger partial charge is 0.618 e. The van der Waals surface area contributed by atoms with Crippen LogP contribution in [0, 0.1) is 11.0 Å². The highest BCUT2D eigenvalue weighted by molar-refractivity contribution is 5.97. The number of hydrogen-bond acceptors (Lipinski definition) is 3. The summed E-state index contributed by atoms with van der Waals surface area (Å²) in [7, 11) is 3.30. The molecular formula is C14H13FN2O3. The van der Waals surface area contributed by atoms with Gasteiger partial charge in [-0.3, -0.25) is 0 Å². The van der Waals surface area contributed by atoms with Crippen molar-refractivity contribution < 1.29 is 19.0 Å². The summed E-state index contributed by atoms with van der Waals surface area (Å²) in [5.41, 5.74) is 0.922. The quantitative estimate of drug-likeness (QED) is 0.686. The van der Waals surface area contributed by atoms with E-state index in [1.165, 1.54) is 30.3 Å². The molecule has 0 saturated carbocycles. The number of carboxylic acid groups (broad SMARTS) is 1. The van der Waals surface area contributed by atoms with E-state index in [9.17, 15) is 19.5 Å². The average molecular weight is 276 g/mol. The van der Waals surface area contributed by atoms with Crippen molar-refractivity contribution in [2.75, 3.05) is 19.0 Å². The molecule has 6 heteroatoms. The van der Waals surface area contributed by atoms with E-state index < -0.39 is 11.8 Å². The van der Waals surface area contributed by atoms with Gasteiger partial charge in [-0.25, -0.2) is 9.18 Å². The van der Waals surface area contributed by atoms with Crippen molar-refractivity contribution in [1.29, 1.82) is 0 Å². The first kappa shape index (κ1) is 13.8. The predicted molar refractivity (Wildman–Crippen MR) is 72.1 cm³/mol. The van der Waals surface area contributed by atoms with Crippen LogP contribution < -0.4 is 9.63 Å². The zero-order valence-corrected chi connectivity index (χ0v) is 11.0. The number of nitrogens with zero attached hydrogens (tertiary/aromatic N) is 2. The summed E-state index contributed by atoms with van der Waals surface area (Å²) in [4.78, 5) is 12.8. The molecule has 0 saturated heterocycles. The minimum Gasteiger partial charge on any atom is -0.618 e. The number of pyridine rings is 1. The maximum Gasteiger partial charge on any atom is 0.338 e. The zero-order chi connectivity index (χ0) is 14.9. The number of rotatable bonds is 3. The zero-order valence-electron chi connectivity index (χ0n) is 11.0. The molecule has 1 N–H and O–H groups in total. The van der Waals surface area contributed by atoms with Crippen molar-refractivity contribution in [3.8, 4) is 11.3 Å². The van der Waals surface area contributed by atoms with Gasteiger partial charge in [-0.15, -0.1) is 0 Å². The van der Waals surface area contributed by atoms with Gasteiger partial charge in [0.2, 0.25) is 5.69 Å². The molecule has 20 heavy (non-hydrogen) atoms. The van der Waals surface area contributed by atoms with Crippen molar-refractivity contribution in [1.82, 2.24) is 0 Å². The Morgan fingerprint density at radius 3 is 2.35 bits per heavy atom. The molecule has 5 nitrogen and oxygen atoms in total. The number of benzene rings is 1. The third kappa shape index (κ3) is 2.40. The Bertz CT molecular complexity index is 654. The molecule has 0 unspecified atom stereocenters. The van der Waals surface area contributed by atoms with Gasteiger partial charge in [0.25, 0.3) is 0 Å². The molecule has 0 bridgehead atoms. The van der Waals surface area contributed by atoms with Gasteiger partial charge in [-0.2, -0.15) is 4.73 Å². The molecule has 0 spiro atoms. The minimum atomic E-state index is -1.13. The fourth-order valence-electron chi connectivity index (χ4n) is 2.02. The van der Waals surface area contributed by atoms with Gasteiger partial charge in [-0.05, 0) is 24.3 Å². The van der Waals surface area contributed by atoms with Gasteiger partial charge in [0.05, 0.1) is 5.56 Å². The Balaban J connectivity index is 2.76. The highest BCUT2D eigenvalue weighted by atomic mass is 19.1. The molecule has 0 atom stereocenters. The number of carboxylic acids is 1. The summed E-state index contributed by atoms with van der Waals surface area (Å²) in [5.74, 6) is -1.55. The third-order valence-electron chi connectivity index (χ3n) is 2.87. The normalized spacial score (nSPS) is 10.3. The second-order valence-electron chi connectivity index (χ2n) is 4.46. The second-order valence-corrected chi connectivity index (χ2v) is 4.46. The standard InChI is InChI=1S/C14H13FN2O3/c1-16(2)13-11(14(18)19)7-8-17(20)12(13)9-3-5-10(15)6-4-9/h3-8H,1-2H3,(H,18,19). The molecular weight excluding hydrogens is 263 g/mol. The lowest BCUT2D eigenvalue weighted by molar-refractivity contribution is -0.593. The average Bonchev–Trinajstić information content (AvgIpc) is 2.39. The molecule has 0 aliphatic rings. The van der Waals surface area contributed by atoms with Crippen LogP contribution in [0.2, 0.25) is 0 Å². The van der Waals surface area contributed by atoms with Crippen LogP contribution in [0.4, 0.5) is 10.1 Å². The van der Waals surface area contributed by atoms with Gasteiger partial charge >= 0.3 is 5.97 Å². The number of anilines is 1. The Morgan fingerprint density at radius 1 is 1.25 bits per heavy atom. The number of carbonyl (C=O) groups is 1. The van der Waals surface area contributed by atoms with Gasteiger partial charge in [0.1, 0.15) is 11.5 Å². The maximum atomic E-state index is 13.0. The monoisotopic (exact) mass is 276 g/mol. The number of hydrogen-bond donors (Lipinski definition) is 1. The van der Waals surface area contributed by atoms with Crippen LogP contribution in [0.25, 0.3) is 11.3 Å². The summed E-state index contributed by atoms with van der Waals surface area (Å²) in [6.45, 7) is 0. The Morgan fingerprint density at radius 2 is 1.85 bits per heavy atom. The fourth-order valence-corrected chi connectivity index (χ4v) is 2.02. The van der Waals surface area contributed by atoms with E-state index in [0.29, 0.717) is 10.3 Å². The molecule has 1 aromatic heterocycles. The summed E-state index contributed by atoms with van der Waals surface area (Å²) in [6, 6.07) is 6.58. The van der Waals surface area contributed by atoms with E-state index in [-0.39, 0.29) is 16.9 Å². The van der Waals surface area contributed by atoms with Crippen molar-refractivity contribution in [2.24, 2.45) is 0 Å². The Labute approximate surface area is 115 Å². The molecule has 2 aromatic rings. The molecule has 1 heterocycles. The molecule has 1 aromatic carbocycles. The topological polar surface area (TPSA) is 67.5 Å². The summed E-state index contributed by atoms with van der Waals surface area (Å²) >= 11 is 0. The first-order valence-electron chi connectivity index (χ1n) is 5.84. The molecule has 0 aliphatic heterocycles. The first-order valence-corrected chi connectivity index (χ1v) is 5.84. The van der Waals surface area contributed by atoms with Crippen LogP contribution >= 0.6 is 0 Å². The second kappa shape index (κ2) is 5.16. The molecule has 0 radical (unpaired) electrons. The summed E-state index contributed by atoms with van der Waals surface area (Å²) < 4.78 is 13.6. The fraction of sp³-hybridized carbons (Fsp3) is 0.143. The first-order chi connectivity index (χ1) is 9.41. The molecule has 0 fully saturated rings. The van der Waals surface area contributed by atoms with Crippen LogP contribution in [-0.2, 0) is 0 Å². The van der Waals surface area contributed by atoms with E-state index in [2.05, 4.69) is 0 Å². The van der Waals surface area contributed by atoms with E-state index >= 15 is 0 Å².